The van der Waals surface area contributed by atoms with Crippen LogP contribution in [0.3, 0.4) is 0 Å². The fourth-order valence-corrected chi connectivity index (χ4v) is 3.06. The van der Waals surface area contributed by atoms with Gasteiger partial charge in [0, 0.05) is 12.2 Å². The molecule has 1 aliphatic heterocycles. The van der Waals surface area contributed by atoms with Crippen molar-refractivity contribution in [1.82, 2.24) is 5.32 Å². The number of rotatable bonds is 8. The molecule has 2 aromatic rings. The van der Waals surface area contributed by atoms with Gasteiger partial charge in [-0.2, -0.15) is 0 Å². The SMILES string of the molecule is O=C(O)CC(NC(=O)c1cccc(OCC2CCCO2)c1)c1ccc(F)cc1. The first kappa shape index (κ1) is 19.8. The molecule has 0 aromatic heterocycles. The zero-order valence-electron chi connectivity index (χ0n) is 15.3. The number of benzene rings is 2. The van der Waals surface area contributed by atoms with Crippen molar-refractivity contribution >= 4 is 11.9 Å². The normalized spacial score (nSPS) is 17.1. The van der Waals surface area contributed by atoms with Crippen LogP contribution in [-0.4, -0.2) is 36.3 Å². The summed E-state index contributed by atoms with van der Waals surface area (Å²) >= 11 is 0. The third kappa shape index (κ3) is 5.53. The summed E-state index contributed by atoms with van der Waals surface area (Å²) in [5.74, 6) is -1.39. The Hall–Kier alpha value is -2.93. The monoisotopic (exact) mass is 387 g/mol. The lowest BCUT2D eigenvalue weighted by atomic mass is 10.0. The van der Waals surface area contributed by atoms with E-state index in [4.69, 9.17) is 14.6 Å². The van der Waals surface area contributed by atoms with Crippen LogP contribution in [-0.2, 0) is 9.53 Å². The lowest BCUT2D eigenvalue weighted by Crippen LogP contribution is -2.30. The molecule has 1 heterocycles. The van der Waals surface area contributed by atoms with E-state index in [1.54, 1.807) is 24.3 Å². The van der Waals surface area contributed by atoms with Crippen molar-refractivity contribution in [2.45, 2.75) is 31.4 Å². The van der Waals surface area contributed by atoms with Gasteiger partial charge in [-0.3, -0.25) is 9.59 Å². The summed E-state index contributed by atoms with van der Waals surface area (Å²) in [5, 5.41) is 11.8. The van der Waals surface area contributed by atoms with E-state index in [9.17, 15) is 14.0 Å². The van der Waals surface area contributed by atoms with Gasteiger partial charge in [0.15, 0.2) is 0 Å². The number of hydrogen-bond donors (Lipinski definition) is 2. The molecule has 2 atom stereocenters. The minimum atomic E-state index is -1.07. The van der Waals surface area contributed by atoms with Crippen LogP contribution in [0.4, 0.5) is 4.39 Å². The Balaban J connectivity index is 1.67. The fourth-order valence-electron chi connectivity index (χ4n) is 3.06. The number of carboxylic acid groups (broad SMARTS) is 1. The summed E-state index contributed by atoms with van der Waals surface area (Å²) in [5.41, 5.74) is 0.866. The number of nitrogens with one attached hydrogen (secondary N) is 1. The van der Waals surface area contributed by atoms with Crippen LogP contribution in [0.1, 0.15) is 41.2 Å². The molecule has 3 rings (SSSR count). The van der Waals surface area contributed by atoms with E-state index in [1.165, 1.54) is 24.3 Å². The highest BCUT2D eigenvalue weighted by Crippen LogP contribution is 2.20. The number of ether oxygens (including phenoxy) is 2. The average Bonchev–Trinajstić information content (AvgIpc) is 3.20. The zero-order chi connectivity index (χ0) is 19.9. The Morgan fingerprint density at radius 3 is 2.71 bits per heavy atom. The quantitative estimate of drug-likeness (QED) is 0.726. The first-order chi connectivity index (χ1) is 13.5. The van der Waals surface area contributed by atoms with Crippen molar-refractivity contribution in [2.24, 2.45) is 0 Å². The van der Waals surface area contributed by atoms with Crippen LogP contribution in [0.15, 0.2) is 48.5 Å². The highest BCUT2D eigenvalue weighted by atomic mass is 19.1. The highest BCUT2D eigenvalue weighted by Gasteiger charge is 2.20. The first-order valence-electron chi connectivity index (χ1n) is 9.14. The van der Waals surface area contributed by atoms with Gasteiger partial charge in [0.25, 0.3) is 5.91 Å². The molecule has 28 heavy (non-hydrogen) atoms. The van der Waals surface area contributed by atoms with Crippen LogP contribution < -0.4 is 10.1 Å². The Morgan fingerprint density at radius 2 is 2.04 bits per heavy atom. The Labute approximate surface area is 162 Å². The van der Waals surface area contributed by atoms with E-state index in [-0.39, 0.29) is 12.5 Å². The zero-order valence-corrected chi connectivity index (χ0v) is 15.3. The number of carboxylic acids is 1. The van der Waals surface area contributed by atoms with E-state index in [0.29, 0.717) is 23.5 Å². The maximum Gasteiger partial charge on any atom is 0.305 e. The second kappa shape index (κ2) is 9.32. The Morgan fingerprint density at radius 1 is 1.25 bits per heavy atom. The molecule has 7 heteroatoms. The molecule has 148 valence electrons. The molecule has 1 fully saturated rings. The van der Waals surface area contributed by atoms with Crippen LogP contribution in [0.25, 0.3) is 0 Å². The minimum Gasteiger partial charge on any atom is -0.491 e. The van der Waals surface area contributed by atoms with Crippen LogP contribution in [0.2, 0.25) is 0 Å². The fraction of sp³-hybridized carbons (Fsp3) is 0.333. The van der Waals surface area contributed by atoms with E-state index in [0.717, 1.165) is 19.4 Å². The first-order valence-corrected chi connectivity index (χ1v) is 9.14. The van der Waals surface area contributed by atoms with Crippen LogP contribution in [0, 0.1) is 5.82 Å². The van der Waals surface area contributed by atoms with Crippen molar-refractivity contribution in [2.75, 3.05) is 13.2 Å². The van der Waals surface area contributed by atoms with Crippen LogP contribution in [0.5, 0.6) is 5.75 Å². The Bertz CT molecular complexity index is 818. The molecule has 0 saturated carbocycles. The second-order valence-electron chi connectivity index (χ2n) is 6.65. The van der Waals surface area contributed by atoms with Gasteiger partial charge in [-0.05, 0) is 48.7 Å². The minimum absolute atomic E-state index is 0.0657. The molecule has 1 aliphatic rings. The lowest BCUT2D eigenvalue weighted by Gasteiger charge is -2.18. The predicted molar refractivity (Wildman–Crippen MR) is 99.8 cm³/mol. The van der Waals surface area contributed by atoms with Gasteiger partial charge in [0.1, 0.15) is 18.2 Å². The molecule has 1 amide bonds. The van der Waals surface area contributed by atoms with E-state index < -0.39 is 23.7 Å². The average molecular weight is 387 g/mol. The predicted octanol–water partition coefficient (Wildman–Crippen LogP) is 3.33. The largest absolute Gasteiger partial charge is 0.491 e. The summed E-state index contributed by atoms with van der Waals surface area (Å²) in [7, 11) is 0. The molecule has 6 nitrogen and oxygen atoms in total. The molecule has 2 aromatic carbocycles. The van der Waals surface area contributed by atoms with E-state index in [1.807, 2.05) is 0 Å². The van der Waals surface area contributed by atoms with Gasteiger partial charge in [-0.1, -0.05) is 18.2 Å². The van der Waals surface area contributed by atoms with Crippen LogP contribution >= 0.6 is 0 Å². The molecule has 2 unspecified atom stereocenters. The number of aliphatic carboxylic acids is 1. The molecule has 0 aliphatic carbocycles. The molecule has 0 radical (unpaired) electrons. The van der Waals surface area contributed by atoms with E-state index >= 15 is 0 Å². The molecule has 0 spiro atoms. The van der Waals surface area contributed by atoms with Gasteiger partial charge < -0.3 is 19.9 Å². The summed E-state index contributed by atoms with van der Waals surface area (Å²) in [6, 6.07) is 11.3. The van der Waals surface area contributed by atoms with Gasteiger partial charge in [-0.15, -0.1) is 0 Å². The van der Waals surface area contributed by atoms with Crippen molar-refractivity contribution in [3.63, 3.8) is 0 Å². The number of amides is 1. The summed E-state index contributed by atoms with van der Waals surface area (Å²) < 4.78 is 24.4. The molecule has 2 N–H and O–H groups in total. The second-order valence-corrected chi connectivity index (χ2v) is 6.65. The van der Waals surface area contributed by atoms with Crippen molar-refractivity contribution in [3.05, 3.63) is 65.5 Å². The maximum absolute atomic E-state index is 13.1. The van der Waals surface area contributed by atoms with Gasteiger partial charge in [-0.25, -0.2) is 4.39 Å². The number of halogens is 1. The topological polar surface area (TPSA) is 84.9 Å². The molecular formula is C21H22FNO5. The number of hydrogen-bond acceptors (Lipinski definition) is 4. The van der Waals surface area contributed by atoms with Gasteiger partial charge in [0.2, 0.25) is 0 Å². The molecule has 1 saturated heterocycles. The summed E-state index contributed by atoms with van der Waals surface area (Å²) in [6.07, 6.45) is 1.72. The highest BCUT2D eigenvalue weighted by molar-refractivity contribution is 5.95. The molecule has 0 bridgehead atoms. The maximum atomic E-state index is 13.1. The number of carbonyl (C=O) groups is 2. The van der Waals surface area contributed by atoms with Crippen molar-refractivity contribution in [3.8, 4) is 5.75 Å². The third-order valence-corrected chi connectivity index (χ3v) is 4.51. The van der Waals surface area contributed by atoms with Crippen molar-refractivity contribution in [1.29, 1.82) is 0 Å². The summed E-state index contributed by atoms with van der Waals surface area (Å²) in [6.45, 7) is 1.16. The smallest absolute Gasteiger partial charge is 0.305 e. The van der Waals surface area contributed by atoms with Gasteiger partial charge >= 0.3 is 5.97 Å². The Kier molecular flexibility index (Phi) is 6.60. The van der Waals surface area contributed by atoms with Gasteiger partial charge in [0.05, 0.1) is 18.6 Å². The summed E-state index contributed by atoms with van der Waals surface area (Å²) in [4.78, 5) is 23.8. The standard InChI is InChI=1S/C21H22FNO5/c22-16-8-6-14(7-9-16)19(12-20(24)25)23-21(26)15-3-1-4-17(11-15)28-13-18-5-2-10-27-18/h1,3-4,6-9,11,18-19H,2,5,10,12-13H2,(H,23,26)(H,24,25). The number of carbonyl (C=O) groups excluding carboxylic acids is 1. The molecular weight excluding hydrogens is 365 g/mol. The van der Waals surface area contributed by atoms with E-state index in [2.05, 4.69) is 5.32 Å². The van der Waals surface area contributed by atoms with Crippen molar-refractivity contribution < 1.29 is 28.6 Å². The third-order valence-electron chi connectivity index (χ3n) is 4.51. The lowest BCUT2D eigenvalue weighted by molar-refractivity contribution is -0.137.